The van der Waals surface area contributed by atoms with Crippen molar-refractivity contribution in [3.05, 3.63) is 15.8 Å². The van der Waals surface area contributed by atoms with Crippen molar-refractivity contribution < 1.29 is 29.0 Å². The summed E-state index contributed by atoms with van der Waals surface area (Å²) in [4.78, 5) is 53.1. The lowest BCUT2D eigenvalue weighted by Gasteiger charge is -2.40. The monoisotopic (exact) mass is 571 g/mol. The molecule has 10 heteroatoms. The van der Waals surface area contributed by atoms with Crippen LogP contribution in [0.15, 0.2) is 6.07 Å². The predicted octanol–water partition coefficient (Wildman–Crippen LogP) is 5.23. The summed E-state index contributed by atoms with van der Waals surface area (Å²) in [5.41, 5.74) is 2.91. The van der Waals surface area contributed by atoms with Crippen molar-refractivity contribution in [2.75, 3.05) is 18.0 Å². The number of ketones is 1. The van der Waals surface area contributed by atoms with E-state index < -0.39 is 18.2 Å². The van der Waals surface area contributed by atoms with E-state index in [2.05, 4.69) is 24.2 Å². The van der Waals surface area contributed by atoms with Gasteiger partial charge in [-0.15, -0.1) is 11.3 Å². The quantitative estimate of drug-likeness (QED) is 0.449. The van der Waals surface area contributed by atoms with Crippen LogP contribution in [0.1, 0.15) is 100 Å². The summed E-state index contributed by atoms with van der Waals surface area (Å²) in [7, 11) is 0. The number of Topliss-reactive ketones (excluding diaryl/α,β-unsaturated/α-hetero) is 1. The molecule has 3 aliphatic rings. The van der Waals surface area contributed by atoms with Crippen LogP contribution in [0.4, 0.5) is 10.5 Å². The number of thiophene rings is 1. The number of carboxylic acids is 1. The first-order valence-electron chi connectivity index (χ1n) is 14.4. The van der Waals surface area contributed by atoms with Gasteiger partial charge in [-0.25, -0.2) is 14.6 Å². The fraction of sp³-hybridized carbons (Fsp3) is 0.667. The molecule has 0 radical (unpaired) electrons. The van der Waals surface area contributed by atoms with Gasteiger partial charge in [-0.1, -0.05) is 18.8 Å². The Bertz CT molecular complexity index is 1180. The van der Waals surface area contributed by atoms with Gasteiger partial charge in [0, 0.05) is 36.9 Å². The Hall–Kier alpha value is -2.90. The zero-order valence-electron chi connectivity index (χ0n) is 24.0. The van der Waals surface area contributed by atoms with E-state index in [0.29, 0.717) is 55.3 Å². The van der Waals surface area contributed by atoms with E-state index in [4.69, 9.17) is 4.74 Å². The summed E-state index contributed by atoms with van der Waals surface area (Å²) in [6.07, 6.45) is 5.08. The lowest BCUT2D eigenvalue weighted by atomic mass is 9.82. The third kappa shape index (κ3) is 7.64. The van der Waals surface area contributed by atoms with Gasteiger partial charge in [-0.2, -0.15) is 0 Å². The van der Waals surface area contributed by atoms with Crippen LogP contribution in [-0.2, 0) is 14.3 Å². The second-order valence-corrected chi connectivity index (χ2v) is 13.4. The number of amides is 2. The molecule has 0 aromatic carbocycles. The summed E-state index contributed by atoms with van der Waals surface area (Å²) in [6.45, 7) is 9.12. The Morgan fingerprint density at radius 3 is 2.35 bits per heavy atom. The minimum Gasteiger partial charge on any atom is -0.477 e. The minimum absolute atomic E-state index is 0.0203. The third-order valence-corrected chi connectivity index (χ3v) is 8.93. The molecule has 0 bridgehead atoms. The number of hydrazine groups is 1. The maximum Gasteiger partial charge on any atom is 0.422 e. The Labute approximate surface area is 240 Å². The number of nitrogens with zero attached hydrogens (tertiary/aromatic N) is 2. The fourth-order valence-electron chi connectivity index (χ4n) is 5.65. The average Bonchev–Trinajstić information content (AvgIpc) is 3.50. The molecule has 218 valence electrons. The number of aromatic carboxylic acids is 1. The number of rotatable bonds is 6. The van der Waals surface area contributed by atoms with Crippen LogP contribution in [0.3, 0.4) is 0 Å². The molecule has 2 amide bonds. The van der Waals surface area contributed by atoms with Crippen molar-refractivity contribution in [2.45, 2.75) is 97.6 Å². The number of piperidine rings is 1. The number of carbonyl (C=O) groups excluding carboxylic acids is 3. The Kier molecular flexibility index (Phi) is 9.57. The zero-order valence-corrected chi connectivity index (χ0v) is 24.8. The van der Waals surface area contributed by atoms with Crippen LogP contribution in [0.5, 0.6) is 0 Å². The number of carbonyl (C=O) groups is 4. The highest BCUT2D eigenvalue weighted by Crippen LogP contribution is 2.38. The molecule has 1 aliphatic heterocycles. The molecular weight excluding hydrogens is 530 g/mol. The molecule has 2 saturated carbocycles. The number of hydrogen-bond donors (Lipinski definition) is 2. The smallest absolute Gasteiger partial charge is 0.422 e. The number of carboxylic acid groups (broad SMARTS) is 1. The van der Waals surface area contributed by atoms with Crippen molar-refractivity contribution in [3.63, 3.8) is 0 Å². The van der Waals surface area contributed by atoms with Gasteiger partial charge < -0.3 is 14.7 Å². The van der Waals surface area contributed by atoms with Crippen LogP contribution >= 0.6 is 11.3 Å². The molecule has 1 aromatic heterocycles. The highest BCUT2D eigenvalue weighted by molar-refractivity contribution is 7.15. The Morgan fingerprint density at radius 2 is 1.77 bits per heavy atom. The fourth-order valence-corrected chi connectivity index (χ4v) is 6.49. The molecule has 2 aliphatic carbocycles. The van der Waals surface area contributed by atoms with E-state index in [0.717, 1.165) is 43.4 Å². The third-order valence-electron chi connectivity index (χ3n) is 7.91. The number of hydrogen-bond acceptors (Lipinski definition) is 7. The first kappa shape index (κ1) is 30.1. The lowest BCUT2D eigenvalue weighted by molar-refractivity contribution is -0.125. The van der Waals surface area contributed by atoms with Crippen LogP contribution in [0, 0.1) is 29.1 Å². The summed E-state index contributed by atoms with van der Waals surface area (Å²) >= 11 is 1.11. The van der Waals surface area contributed by atoms with Gasteiger partial charge in [-0.3, -0.25) is 15.0 Å². The van der Waals surface area contributed by atoms with E-state index in [1.807, 2.05) is 20.8 Å². The summed E-state index contributed by atoms with van der Waals surface area (Å²) in [5, 5.41) is 11.8. The second-order valence-electron chi connectivity index (χ2n) is 12.4. The molecule has 4 rings (SSSR count). The molecule has 3 fully saturated rings. The average molecular weight is 572 g/mol. The highest BCUT2D eigenvalue weighted by Gasteiger charge is 2.38. The van der Waals surface area contributed by atoms with Gasteiger partial charge in [0.05, 0.1) is 10.6 Å². The van der Waals surface area contributed by atoms with Gasteiger partial charge in [-0.05, 0) is 84.1 Å². The van der Waals surface area contributed by atoms with Crippen LogP contribution in [0.2, 0.25) is 0 Å². The molecule has 1 aromatic rings. The van der Waals surface area contributed by atoms with Gasteiger partial charge in [0.25, 0.3) is 0 Å². The SMILES string of the molecule is CC(C)(C)C#Cc1cc(N(C(=O)[C@H]2CC[C@H](C)CC2)C2CCN(NC(=O)O[C@@H]3CCCC3=O)CC2)c(C(=O)O)s1. The van der Waals surface area contributed by atoms with Crippen molar-refractivity contribution in [1.29, 1.82) is 0 Å². The van der Waals surface area contributed by atoms with E-state index in [-0.39, 0.29) is 33.9 Å². The molecule has 2 N–H and O–H groups in total. The summed E-state index contributed by atoms with van der Waals surface area (Å²) < 4.78 is 5.31. The first-order chi connectivity index (χ1) is 18.9. The van der Waals surface area contributed by atoms with Gasteiger partial charge >= 0.3 is 12.1 Å². The van der Waals surface area contributed by atoms with Crippen molar-refractivity contribution >= 4 is 40.8 Å². The molecule has 1 saturated heterocycles. The molecule has 40 heavy (non-hydrogen) atoms. The van der Waals surface area contributed by atoms with Crippen molar-refractivity contribution in [2.24, 2.45) is 17.3 Å². The molecule has 9 nitrogen and oxygen atoms in total. The molecule has 1 atom stereocenters. The van der Waals surface area contributed by atoms with Crippen molar-refractivity contribution in [3.8, 4) is 11.8 Å². The van der Waals surface area contributed by atoms with Gasteiger partial charge in [0.1, 0.15) is 4.88 Å². The van der Waals surface area contributed by atoms with E-state index in [1.165, 1.54) is 0 Å². The molecule has 0 spiro atoms. The lowest BCUT2D eigenvalue weighted by Crippen LogP contribution is -2.54. The summed E-state index contributed by atoms with van der Waals surface area (Å²) in [6, 6.07) is 1.55. The maximum atomic E-state index is 14.1. The maximum absolute atomic E-state index is 14.1. The summed E-state index contributed by atoms with van der Waals surface area (Å²) in [5.74, 6) is 5.60. The van der Waals surface area contributed by atoms with Gasteiger partial charge in [0.2, 0.25) is 5.91 Å². The predicted molar refractivity (Wildman–Crippen MR) is 153 cm³/mol. The van der Waals surface area contributed by atoms with E-state index >= 15 is 0 Å². The van der Waals surface area contributed by atoms with Crippen LogP contribution in [-0.4, -0.2) is 59.1 Å². The normalized spacial score (nSPS) is 24.2. The largest absolute Gasteiger partial charge is 0.477 e. The van der Waals surface area contributed by atoms with E-state index in [1.54, 1.807) is 16.0 Å². The molecule has 0 unspecified atom stereocenters. The Balaban J connectivity index is 1.53. The van der Waals surface area contributed by atoms with Gasteiger partial charge in [0.15, 0.2) is 11.9 Å². The first-order valence-corrected chi connectivity index (χ1v) is 15.2. The Morgan fingerprint density at radius 1 is 1.10 bits per heavy atom. The van der Waals surface area contributed by atoms with Crippen LogP contribution in [0.25, 0.3) is 0 Å². The number of ether oxygens (including phenoxy) is 1. The standard InChI is InChI=1S/C30H41N3O6S/c1-19-8-10-20(11-9-19)27(35)33(23-18-22(12-15-30(2,3)4)40-26(23)28(36)37)21-13-16-32(17-14-21)31-29(38)39-25-7-5-6-24(25)34/h18-21,25H,5-11,13-14,16-17H2,1-4H3,(H,31,38)(H,36,37)/t19-,20-,25-/m1/s1. The van der Waals surface area contributed by atoms with E-state index in [9.17, 15) is 24.3 Å². The number of anilines is 1. The molecular formula is C30H41N3O6S. The zero-order chi connectivity index (χ0) is 29.0. The second kappa shape index (κ2) is 12.7. The number of nitrogens with one attached hydrogen (secondary N) is 1. The highest BCUT2D eigenvalue weighted by atomic mass is 32.1. The van der Waals surface area contributed by atoms with Crippen LogP contribution < -0.4 is 10.3 Å². The molecule has 2 heterocycles. The minimum atomic E-state index is -1.07. The topological polar surface area (TPSA) is 116 Å². The van der Waals surface area contributed by atoms with Crippen molar-refractivity contribution in [1.82, 2.24) is 10.4 Å².